The topological polar surface area (TPSA) is 64.6 Å². The van der Waals surface area contributed by atoms with Crippen LogP contribution in [0.15, 0.2) is 24.3 Å². The molecule has 1 rings (SSSR count). The van der Waals surface area contributed by atoms with Gasteiger partial charge < -0.3 is 9.57 Å². The molecule has 0 saturated heterocycles. The average Bonchev–Trinajstić information content (AvgIpc) is 2.24. The van der Waals surface area contributed by atoms with E-state index in [1.54, 1.807) is 20.8 Å². The van der Waals surface area contributed by atoms with Crippen molar-refractivity contribution < 1.29 is 23.6 Å². The van der Waals surface area contributed by atoms with Crippen LogP contribution in [0.3, 0.4) is 0 Å². The van der Waals surface area contributed by atoms with Gasteiger partial charge in [0.1, 0.15) is 11.4 Å². The average molecular weight is 255 g/mol. The summed E-state index contributed by atoms with van der Waals surface area (Å²) >= 11 is 0. The van der Waals surface area contributed by atoms with E-state index in [1.807, 2.05) is 5.48 Å². The van der Waals surface area contributed by atoms with E-state index in [0.29, 0.717) is 0 Å². The van der Waals surface area contributed by atoms with Crippen LogP contribution in [0.5, 0.6) is 0 Å². The molecular formula is C12H14FNO4. The second kappa shape index (κ2) is 5.48. The van der Waals surface area contributed by atoms with Gasteiger partial charge in [-0.15, -0.1) is 5.48 Å². The van der Waals surface area contributed by atoms with Gasteiger partial charge in [0.25, 0.3) is 0 Å². The Labute approximate surface area is 104 Å². The van der Waals surface area contributed by atoms with Crippen molar-refractivity contribution in [1.82, 2.24) is 5.48 Å². The third-order valence-electron chi connectivity index (χ3n) is 1.71. The summed E-state index contributed by atoms with van der Waals surface area (Å²) in [6, 6.07) is 4.72. The summed E-state index contributed by atoms with van der Waals surface area (Å²) in [4.78, 5) is 27.1. The molecule has 0 aromatic heterocycles. The van der Waals surface area contributed by atoms with Gasteiger partial charge in [0.05, 0.1) is 5.56 Å². The van der Waals surface area contributed by atoms with Crippen LogP contribution in [0.2, 0.25) is 0 Å². The summed E-state index contributed by atoms with van der Waals surface area (Å²) in [5.74, 6) is -1.27. The lowest BCUT2D eigenvalue weighted by Crippen LogP contribution is -2.34. The Morgan fingerprint density at radius 3 is 2.22 bits per heavy atom. The number of halogens is 1. The van der Waals surface area contributed by atoms with Gasteiger partial charge in [-0.1, -0.05) is 0 Å². The molecule has 0 saturated carbocycles. The SMILES string of the molecule is CC(C)(C)OC(=O)NOC(=O)c1ccc(F)cc1. The third-order valence-corrected chi connectivity index (χ3v) is 1.71. The van der Waals surface area contributed by atoms with Crippen molar-refractivity contribution in [3.63, 3.8) is 0 Å². The van der Waals surface area contributed by atoms with E-state index in [4.69, 9.17) is 4.74 Å². The number of carbonyl (C=O) groups is 2. The Hall–Kier alpha value is -2.11. The Bertz CT molecular complexity index is 436. The number of carbonyl (C=O) groups excluding carboxylic acids is 2. The molecule has 18 heavy (non-hydrogen) atoms. The predicted octanol–water partition coefficient (Wildman–Crippen LogP) is 2.42. The standard InChI is InChI=1S/C12H14FNO4/c1-12(2,3)17-11(16)14-18-10(15)8-4-6-9(13)7-5-8/h4-7H,1-3H3,(H,14,16). The Morgan fingerprint density at radius 1 is 1.17 bits per heavy atom. The van der Waals surface area contributed by atoms with Crippen molar-refractivity contribution in [2.75, 3.05) is 0 Å². The highest BCUT2D eigenvalue weighted by Crippen LogP contribution is 2.07. The number of amides is 1. The van der Waals surface area contributed by atoms with Gasteiger partial charge in [0.2, 0.25) is 0 Å². The predicted molar refractivity (Wildman–Crippen MR) is 61.2 cm³/mol. The van der Waals surface area contributed by atoms with Crippen molar-refractivity contribution in [3.8, 4) is 0 Å². The molecule has 0 radical (unpaired) electrons. The van der Waals surface area contributed by atoms with Crippen molar-refractivity contribution >= 4 is 12.1 Å². The highest BCUT2D eigenvalue weighted by atomic mass is 19.1. The number of benzene rings is 1. The van der Waals surface area contributed by atoms with E-state index in [9.17, 15) is 14.0 Å². The molecule has 6 heteroatoms. The van der Waals surface area contributed by atoms with Gasteiger partial charge in [-0.25, -0.2) is 14.0 Å². The molecule has 0 spiro atoms. The molecule has 0 atom stereocenters. The molecule has 0 aliphatic rings. The fraction of sp³-hybridized carbons (Fsp3) is 0.333. The number of hydrogen-bond acceptors (Lipinski definition) is 4. The third kappa shape index (κ3) is 4.82. The van der Waals surface area contributed by atoms with Crippen LogP contribution in [-0.2, 0) is 9.57 Å². The first-order valence-corrected chi connectivity index (χ1v) is 5.24. The molecule has 5 nitrogen and oxygen atoms in total. The van der Waals surface area contributed by atoms with E-state index in [1.165, 1.54) is 12.1 Å². The van der Waals surface area contributed by atoms with E-state index in [2.05, 4.69) is 4.84 Å². The molecule has 0 fully saturated rings. The molecule has 0 heterocycles. The summed E-state index contributed by atoms with van der Waals surface area (Å²) in [5.41, 5.74) is 1.28. The fourth-order valence-electron chi connectivity index (χ4n) is 1.03. The fourth-order valence-corrected chi connectivity index (χ4v) is 1.03. The normalized spacial score (nSPS) is 10.7. The minimum atomic E-state index is -0.877. The molecule has 0 unspecified atom stereocenters. The number of ether oxygens (including phenoxy) is 1. The molecular weight excluding hydrogens is 241 g/mol. The van der Waals surface area contributed by atoms with Crippen LogP contribution >= 0.6 is 0 Å². The molecule has 98 valence electrons. The monoisotopic (exact) mass is 255 g/mol. The Balaban J connectivity index is 2.47. The lowest BCUT2D eigenvalue weighted by atomic mass is 10.2. The van der Waals surface area contributed by atoms with Gasteiger partial charge in [-0.3, -0.25) is 0 Å². The van der Waals surface area contributed by atoms with Crippen LogP contribution in [0, 0.1) is 5.82 Å². The van der Waals surface area contributed by atoms with Gasteiger partial charge in [0.15, 0.2) is 0 Å². The first-order chi connectivity index (χ1) is 8.28. The van der Waals surface area contributed by atoms with E-state index in [0.717, 1.165) is 12.1 Å². The van der Waals surface area contributed by atoms with Gasteiger partial charge in [0, 0.05) is 0 Å². The Morgan fingerprint density at radius 2 is 1.72 bits per heavy atom. The van der Waals surface area contributed by atoms with Crippen molar-refractivity contribution in [3.05, 3.63) is 35.6 Å². The first kappa shape index (κ1) is 14.0. The molecule has 0 aliphatic heterocycles. The largest absolute Gasteiger partial charge is 0.442 e. The summed E-state index contributed by atoms with van der Waals surface area (Å²) in [6.07, 6.45) is -0.877. The van der Waals surface area contributed by atoms with Gasteiger partial charge in [-0.2, -0.15) is 0 Å². The summed E-state index contributed by atoms with van der Waals surface area (Å²) < 4.78 is 17.5. The number of rotatable bonds is 1. The zero-order valence-corrected chi connectivity index (χ0v) is 10.3. The smallest absolute Gasteiger partial charge is 0.441 e. The molecule has 1 N–H and O–H groups in total. The van der Waals surface area contributed by atoms with E-state index < -0.39 is 23.5 Å². The molecule has 1 aromatic rings. The molecule has 0 bridgehead atoms. The van der Waals surface area contributed by atoms with E-state index in [-0.39, 0.29) is 5.56 Å². The highest BCUT2D eigenvalue weighted by Gasteiger charge is 2.17. The van der Waals surface area contributed by atoms with Gasteiger partial charge >= 0.3 is 12.1 Å². The Kier molecular flexibility index (Phi) is 4.25. The zero-order chi connectivity index (χ0) is 13.8. The maximum Gasteiger partial charge on any atom is 0.441 e. The number of hydroxylamine groups is 1. The zero-order valence-electron chi connectivity index (χ0n) is 10.3. The molecule has 0 aliphatic carbocycles. The highest BCUT2D eigenvalue weighted by molar-refractivity contribution is 5.89. The van der Waals surface area contributed by atoms with Crippen LogP contribution in [0.25, 0.3) is 0 Å². The van der Waals surface area contributed by atoms with Crippen molar-refractivity contribution in [2.24, 2.45) is 0 Å². The van der Waals surface area contributed by atoms with Crippen LogP contribution in [0.4, 0.5) is 9.18 Å². The van der Waals surface area contributed by atoms with Crippen LogP contribution in [0.1, 0.15) is 31.1 Å². The lowest BCUT2D eigenvalue weighted by molar-refractivity contribution is -0.00130. The molecule has 1 amide bonds. The number of nitrogens with one attached hydrogen (secondary N) is 1. The quantitative estimate of drug-likeness (QED) is 0.783. The van der Waals surface area contributed by atoms with Crippen LogP contribution in [-0.4, -0.2) is 17.7 Å². The first-order valence-electron chi connectivity index (χ1n) is 5.24. The summed E-state index contributed by atoms with van der Waals surface area (Å²) in [6.45, 7) is 5.02. The molecule has 1 aromatic carbocycles. The van der Waals surface area contributed by atoms with Crippen molar-refractivity contribution in [1.29, 1.82) is 0 Å². The maximum atomic E-state index is 12.6. The summed E-state index contributed by atoms with van der Waals surface area (Å²) in [7, 11) is 0. The minimum absolute atomic E-state index is 0.118. The second-order valence-corrected chi connectivity index (χ2v) is 4.50. The van der Waals surface area contributed by atoms with Crippen molar-refractivity contribution in [2.45, 2.75) is 26.4 Å². The second-order valence-electron chi connectivity index (χ2n) is 4.50. The summed E-state index contributed by atoms with van der Waals surface area (Å²) in [5, 5.41) is 0. The lowest BCUT2D eigenvalue weighted by Gasteiger charge is -2.19. The maximum absolute atomic E-state index is 12.6. The number of hydrogen-bond donors (Lipinski definition) is 1. The van der Waals surface area contributed by atoms with Gasteiger partial charge in [-0.05, 0) is 45.0 Å². The van der Waals surface area contributed by atoms with Crippen LogP contribution < -0.4 is 5.48 Å². The van der Waals surface area contributed by atoms with E-state index >= 15 is 0 Å². The minimum Gasteiger partial charge on any atom is -0.442 e.